The highest BCUT2D eigenvalue weighted by Gasteiger charge is 2.34. The number of aromatic nitrogens is 1. The molecule has 8 nitrogen and oxygen atoms in total. The number of urea groups is 1. The maximum atomic E-state index is 13.2. The van der Waals surface area contributed by atoms with E-state index in [0.717, 1.165) is 25.7 Å². The zero-order chi connectivity index (χ0) is 23.9. The number of ether oxygens (including phenoxy) is 2. The van der Waals surface area contributed by atoms with Gasteiger partial charge >= 0.3 is 18.0 Å². The highest BCUT2D eigenvalue weighted by molar-refractivity contribution is 5.95. The maximum absolute atomic E-state index is 13.2. The van der Waals surface area contributed by atoms with Crippen LogP contribution < -0.4 is 15.4 Å². The Balaban J connectivity index is 1.55. The smallest absolute Gasteiger partial charge is 0.343 e. The first-order chi connectivity index (χ1) is 16.5. The summed E-state index contributed by atoms with van der Waals surface area (Å²) >= 11 is 0. The molecule has 8 heteroatoms. The Labute approximate surface area is 198 Å². The number of hydrogen-bond acceptors (Lipinski definition) is 6. The van der Waals surface area contributed by atoms with Crippen molar-refractivity contribution < 1.29 is 23.9 Å². The lowest BCUT2D eigenvalue weighted by Crippen LogP contribution is -2.46. The van der Waals surface area contributed by atoms with Crippen LogP contribution in [0.1, 0.15) is 67.4 Å². The van der Waals surface area contributed by atoms with Crippen molar-refractivity contribution in [1.82, 2.24) is 15.6 Å². The number of pyridine rings is 1. The number of nitrogens with zero attached hydrogens (tertiary/aromatic N) is 1. The summed E-state index contributed by atoms with van der Waals surface area (Å²) in [5.41, 5.74) is 1.89. The second-order valence-electron chi connectivity index (χ2n) is 8.58. The monoisotopic (exact) mass is 463 g/mol. The minimum atomic E-state index is -0.720. The lowest BCUT2D eigenvalue weighted by Gasteiger charge is -2.30. The topological polar surface area (TPSA) is 107 Å². The van der Waals surface area contributed by atoms with Gasteiger partial charge in [0.05, 0.1) is 23.8 Å². The Bertz CT molecular complexity index is 1080. The van der Waals surface area contributed by atoms with Gasteiger partial charge in [-0.1, -0.05) is 38.3 Å². The minimum absolute atomic E-state index is 0.306. The van der Waals surface area contributed by atoms with Crippen molar-refractivity contribution in [1.29, 1.82) is 0 Å². The third kappa shape index (κ3) is 5.62. The van der Waals surface area contributed by atoms with Gasteiger partial charge < -0.3 is 20.1 Å². The van der Waals surface area contributed by atoms with E-state index in [1.165, 1.54) is 18.8 Å². The summed E-state index contributed by atoms with van der Waals surface area (Å²) in [5, 5.41) is 5.56. The summed E-state index contributed by atoms with van der Waals surface area (Å²) in [5.74, 6) is -0.283. The molecule has 1 unspecified atom stereocenters. The molecule has 2 aliphatic rings. The number of nitrogens with one attached hydrogen (secondary N) is 2. The number of esters is 2. The molecule has 0 saturated heterocycles. The first-order valence-corrected chi connectivity index (χ1v) is 11.7. The molecule has 2 aromatic rings. The SMILES string of the molecule is CCC1=C(C(=O)OCC2CCCCC2)C(c2cccc(OC(=O)c3ccncc3)c2)NC(=O)N1. The molecule has 0 bridgehead atoms. The molecule has 2 heterocycles. The molecule has 1 aromatic heterocycles. The molecule has 1 saturated carbocycles. The van der Waals surface area contributed by atoms with E-state index in [4.69, 9.17) is 9.47 Å². The third-order valence-corrected chi connectivity index (χ3v) is 6.22. The Hall–Kier alpha value is -3.68. The van der Waals surface area contributed by atoms with Crippen molar-refractivity contribution in [3.63, 3.8) is 0 Å². The molecule has 1 fully saturated rings. The predicted molar refractivity (Wildman–Crippen MR) is 125 cm³/mol. The van der Waals surface area contributed by atoms with E-state index in [9.17, 15) is 14.4 Å². The van der Waals surface area contributed by atoms with Crippen LogP contribution in [0, 0.1) is 5.92 Å². The van der Waals surface area contributed by atoms with E-state index < -0.39 is 24.0 Å². The number of carbonyl (C=O) groups excluding carboxylic acids is 3. The molecule has 34 heavy (non-hydrogen) atoms. The van der Waals surface area contributed by atoms with E-state index in [2.05, 4.69) is 15.6 Å². The molecular weight excluding hydrogens is 434 g/mol. The second kappa shape index (κ2) is 11.0. The second-order valence-corrected chi connectivity index (χ2v) is 8.58. The summed E-state index contributed by atoms with van der Waals surface area (Å²) < 4.78 is 11.2. The Morgan fingerprint density at radius 1 is 1.06 bits per heavy atom. The standard InChI is InChI=1S/C26H29N3O5/c1-2-21-22(25(31)33-16-17-7-4-3-5-8-17)23(29-26(32)28-21)19-9-6-10-20(15-19)34-24(30)18-11-13-27-14-12-18/h6,9-15,17,23H,2-5,7-8,16H2,1H3,(H2,28,29,32). The van der Waals surface area contributed by atoms with Gasteiger partial charge in [0.25, 0.3) is 0 Å². The van der Waals surface area contributed by atoms with Crippen LogP contribution in [0.5, 0.6) is 5.75 Å². The van der Waals surface area contributed by atoms with E-state index >= 15 is 0 Å². The van der Waals surface area contributed by atoms with Crippen molar-refractivity contribution in [2.75, 3.05) is 6.61 Å². The van der Waals surface area contributed by atoms with Gasteiger partial charge in [0.1, 0.15) is 5.75 Å². The van der Waals surface area contributed by atoms with Gasteiger partial charge in [-0.15, -0.1) is 0 Å². The molecule has 2 amide bonds. The van der Waals surface area contributed by atoms with Crippen molar-refractivity contribution in [2.24, 2.45) is 5.92 Å². The van der Waals surface area contributed by atoms with E-state index in [0.29, 0.717) is 47.1 Å². The normalized spacial score (nSPS) is 18.6. The first kappa shape index (κ1) is 23.5. The van der Waals surface area contributed by atoms with E-state index in [1.807, 2.05) is 6.92 Å². The molecule has 2 N–H and O–H groups in total. The fraction of sp³-hybridized carbons (Fsp3) is 0.385. The fourth-order valence-electron chi connectivity index (χ4n) is 4.42. The first-order valence-electron chi connectivity index (χ1n) is 11.7. The fourth-order valence-corrected chi connectivity index (χ4v) is 4.42. The zero-order valence-electron chi connectivity index (χ0n) is 19.2. The van der Waals surface area contributed by atoms with Crippen LogP contribution in [0.15, 0.2) is 60.1 Å². The lowest BCUT2D eigenvalue weighted by molar-refractivity contribution is -0.141. The molecule has 178 valence electrons. The highest BCUT2D eigenvalue weighted by atomic mass is 16.5. The van der Waals surface area contributed by atoms with Gasteiger partial charge in [-0.2, -0.15) is 0 Å². The molecule has 1 aliphatic carbocycles. The molecule has 4 rings (SSSR count). The summed E-state index contributed by atoms with van der Waals surface area (Å²) in [7, 11) is 0. The van der Waals surface area contributed by atoms with Crippen LogP contribution in [0.25, 0.3) is 0 Å². The molecule has 1 atom stereocenters. The maximum Gasteiger partial charge on any atom is 0.343 e. The highest BCUT2D eigenvalue weighted by Crippen LogP contribution is 2.32. The van der Waals surface area contributed by atoms with Crippen LogP contribution in [0.2, 0.25) is 0 Å². The van der Waals surface area contributed by atoms with Crippen LogP contribution in [-0.4, -0.2) is 29.6 Å². The van der Waals surface area contributed by atoms with Gasteiger partial charge in [-0.05, 0) is 55.0 Å². The number of benzene rings is 1. The van der Waals surface area contributed by atoms with E-state index in [1.54, 1.807) is 36.4 Å². The molecule has 1 aliphatic heterocycles. The average Bonchev–Trinajstić information content (AvgIpc) is 2.88. The molecular formula is C26H29N3O5. The van der Waals surface area contributed by atoms with Crippen LogP contribution in [0.3, 0.4) is 0 Å². The van der Waals surface area contributed by atoms with Gasteiger partial charge in [-0.3, -0.25) is 4.98 Å². The Morgan fingerprint density at radius 3 is 2.56 bits per heavy atom. The van der Waals surface area contributed by atoms with Crippen LogP contribution >= 0.6 is 0 Å². The van der Waals surface area contributed by atoms with Crippen molar-refractivity contribution in [3.8, 4) is 5.75 Å². The number of carbonyl (C=O) groups is 3. The van der Waals surface area contributed by atoms with Gasteiger partial charge in [0, 0.05) is 18.1 Å². The zero-order valence-corrected chi connectivity index (χ0v) is 19.2. The quantitative estimate of drug-likeness (QED) is 0.464. The number of amides is 2. The Morgan fingerprint density at radius 2 is 1.82 bits per heavy atom. The molecule has 0 spiro atoms. The Kier molecular flexibility index (Phi) is 7.57. The van der Waals surface area contributed by atoms with Crippen molar-refractivity contribution in [3.05, 3.63) is 71.2 Å². The van der Waals surface area contributed by atoms with Crippen molar-refractivity contribution >= 4 is 18.0 Å². The van der Waals surface area contributed by atoms with Gasteiger partial charge in [0.15, 0.2) is 0 Å². The summed E-state index contributed by atoms with van der Waals surface area (Å²) in [4.78, 5) is 41.9. The largest absolute Gasteiger partial charge is 0.462 e. The van der Waals surface area contributed by atoms with Crippen LogP contribution in [0.4, 0.5) is 4.79 Å². The number of rotatable bonds is 7. The lowest BCUT2D eigenvalue weighted by atomic mass is 9.90. The van der Waals surface area contributed by atoms with Crippen LogP contribution in [-0.2, 0) is 9.53 Å². The molecule has 1 aromatic carbocycles. The number of hydrogen-bond donors (Lipinski definition) is 2. The average molecular weight is 464 g/mol. The van der Waals surface area contributed by atoms with Gasteiger partial charge in [0.2, 0.25) is 0 Å². The summed E-state index contributed by atoms with van der Waals surface area (Å²) in [6.45, 7) is 2.25. The summed E-state index contributed by atoms with van der Waals surface area (Å²) in [6, 6.07) is 8.81. The predicted octanol–water partition coefficient (Wildman–Crippen LogP) is 4.44. The number of allylic oxidation sites excluding steroid dienone is 1. The van der Waals surface area contributed by atoms with Crippen molar-refractivity contribution in [2.45, 2.75) is 51.5 Å². The molecule has 0 radical (unpaired) electrons. The minimum Gasteiger partial charge on any atom is -0.462 e. The van der Waals surface area contributed by atoms with Gasteiger partial charge in [-0.25, -0.2) is 14.4 Å². The third-order valence-electron chi connectivity index (χ3n) is 6.22. The summed E-state index contributed by atoms with van der Waals surface area (Å²) in [6.07, 6.45) is 9.18. The van der Waals surface area contributed by atoms with E-state index in [-0.39, 0.29) is 0 Å².